The summed E-state index contributed by atoms with van der Waals surface area (Å²) in [4.78, 5) is 0.248. The van der Waals surface area contributed by atoms with Crippen molar-refractivity contribution >= 4 is 15.7 Å². The molecular weight excluding hydrogens is 320 g/mol. The molecule has 0 aliphatic carbocycles. The number of rotatable bonds is 4. The summed E-state index contributed by atoms with van der Waals surface area (Å²) in [6.07, 6.45) is 3.04. The second-order valence-corrected chi connectivity index (χ2v) is 7.64. The van der Waals surface area contributed by atoms with E-state index in [0.29, 0.717) is 6.42 Å². The molecule has 1 aliphatic heterocycles. The van der Waals surface area contributed by atoms with E-state index in [1.807, 2.05) is 37.3 Å². The molecule has 0 N–H and O–H groups in total. The van der Waals surface area contributed by atoms with Crippen molar-refractivity contribution in [2.75, 3.05) is 0 Å². The lowest BCUT2D eigenvalue weighted by Crippen LogP contribution is -2.39. The van der Waals surface area contributed by atoms with Crippen LogP contribution in [0.15, 0.2) is 77.2 Å². The van der Waals surface area contributed by atoms with Crippen molar-refractivity contribution in [2.24, 2.45) is 5.10 Å². The third-order valence-corrected chi connectivity index (χ3v) is 5.84. The van der Waals surface area contributed by atoms with Gasteiger partial charge in [0.05, 0.1) is 16.6 Å². The van der Waals surface area contributed by atoms with E-state index in [2.05, 4.69) is 11.7 Å². The zero-order chi connectivity index (χ0) is 17.2. The van der Waals surface area contributed by atoms with Crippen molar-refractivity contribution < 1.29 is 8.42 Å². The molecule has 0 bridgehead atoms. The Bertz CT molecular complexity index is 856. The second kappa shape index (κ2) is 6.61. The van der Waals surface area contributed by atoms with E-state index < -0.39 is 10.0 Å². The van der Waals surface area contributed by atoms with Crippen LogP contribution in [0.5, 0.6) is 0 Å². The summed E-state index contributed by atoms with van der Waals surface area (Å²) < 4.78 is 27.2. The lowest BCUT2D eigenvalue weighted by atomic mass is 10.0. The first-order valence-electron chi connectivity index (χ1n) is 7.89. The Kier molecular flexibility index (Phi) is 4.53. The van der Waals surface area contributed by atoms with E-state index in [-0.39, 0.29) is 10.9 Å². The molecule has 0 radical (unpaired) electrons. The first kappa shape index (κ1) is 16.5. The Balaban J connectivity index is 2.04. The summed E-state index contributed by atoms with van der Waals surface area (Å²) in [5.74, 6) is 0. The number of hydrogen-bond acceptors (Lipinski definition) is 3. The van der Waals surface area contributed by atoms with Crippen LogP contribution in [-0.2, 0) is 10.0 Å². The van der Waals surface area contributed by atoms with E-state index in [0.717, 1.165) is 23.3 Å². The summed E-state index contributed by atoms with van der Waals surface area (Å²) in [5.41, 5.74) is 2.75. The molecular formula is C19H20N2O2S. The maximum atomic E-state index is 13.0. The normalized spacial score (nSPS) is 18.1. The van der Waals surface area contributed by atoms with Crippen LogP contribution in [0.25, 0.3) is 0 Å². The van der Waals surface area contributed by atoms with Crippen LogP contribution in [0.4, 0.5) is 0 Å². The highest BCUT2D eigenvalue weighted by Crippen LogP contribution is 2.27. The molecule has 0 saturated heterocycles. The highest BCUT2D eigenvalue weighted by molar-refractivity contribution is 7.89. The van der Waals surface area contributed by atoms with E-state index in [1.165, 1.54) is 4.41 Å². The summed E-state index contributed by atoms with van der Waals surface area (Å²) in [5, 5.41) is 4.47. The Hall–Kier alpha value is -2.40. The zero-order valence-electron chi connectivity index (χ0n) is 13.6. The minimum absolute atomic E-state index is 0.248. The van der Waals surface area contributed by atoms with Gasteiger partial charge in [0.15, 0.2) is 0 Å². The van der Waals surface area contributed by atoms with Gasteiger partial charge in [0.1, 0.15) is 0 Å². The minimum atomic E-state index is -3.71. The Morgan fingerprint density at radius 1 is 1.12 bits per heavy atom. The number of hydrogen-bond donors (Lipinski definition) is 0. The summed E-state index contributed by atoms with van der Waals surface area (Å²) in [6, 6.07) is 16.2. The molecule has 5 heteroatoms. The number of hydrazone groups is 1. The molecule has 0 unspecified atom stereocenters. The summed E-state index contributed by atoms with van der Waals surface area (Å²) >= 11 is 0. The standard InChI is InChI=1S/C19H20N2O2S/c1-3-17-11-14-19(16-7-5-4-6-8-16)20-21(17)24(22,23)18-12-9-15(2)10-13-18/h3-10,12-13,17H,1,11,14H2,2H3/t17-/m0/s1. The van der Waals surface area contributed by atoms with Gasteiger partial charge in [-0.05, 0) is 37.5 Å². The molecule has 0 amide bonds. The molecule has 2 aromatic rings. The van der Waals surface area contributed by atoms with Gasteiger partial charge in [-0.1, -0.05) is 54.1 Å². The molecule has 0 fully saturated rings. The number of sulfonamides is 1. The molecule has 4 nitrogen and oxygen atoms in total. The van der Waals surface area contributed by atoms with Crippen LogP contribution in [-0.4, -0.2) is 24.6 Å². The SMILES string of the molecule is C=C[C@H]1CCC(c2ccccc2)=NN1S(=O)(=O)c1ccc(C)cc1. The predicted molar refractivity (Wildman–Crippen MR) is 96.4 cm³/mol. The van der Waals surface area contributed by atoms with E-state index >= 15 is 0 Å². The molecule has 124 valence electrons. The van der Waals surface area contributed by atoms with Crippen LogP contribution in [0.3, 0.4) is 0 Å². The van der Waals surface area contributed by atoms with Gasteiger partial charge in [-0.25, -0.2) is 0 Å². The van der Waals surface area contributed by atoms with Gasteiger partial charge in [0.25, 0.3) is 10.0 Å². The van der Waals surface area contributed by atoms with Crippen LogP contribution >= 0.6 is 0 Å². The maximum Gasteiger partial charge on any atom is 0.279 e. The highest BCUT2D eigenvalue weighted by Gasteiger charge is 2.32. The minimum Gasteiger partial charge on any atom is -0.200 e. The second-order valence-electron chi connectivity index (χ2n) is 5.85. The van der Waals surface area contributed by atoms with Gasteiger partial charge in [0.2, 0.25) is 0 Å². The fourth-order valence-corrected chi connectivity index (χ4v) is 4.18. The molecule has 0 aromatic heterocycles. The van der Waals surface area contributed by atoms with E-state index in [1.54, 1.807) is 30.3 Å². The van der Waals surface area contributed by atoms with Gasteiger partial charge >= 0.3 is 0 Å². The first-order valence-corrected chi connectivity index (χ1v) is 9.33. The smallest absolute Gasteiger partial charge is 0.200 e. The molecule has 1 atom stereocenters. The van der Waals surface area contributed by atoms with Gasteiger partial charge in [-0.3, -0.25) is 0 Å². The topological polar surface area (TPSA) is 49.7 Å². The number of aryl methyl sites for hydroxylation is 1. The van der Waals surface area contributed by atoms with Gasteiger partial charge in [0, 0.05) is 0 Å². The first-order chi connectivity index (χ1) is 11.5. The molecule has 24 heavy (non-hydrogen) atoms. The van der Waals surface area contributed by atoms with Crippen molar-refractivity contribution in [3.05, 3.63) is 78.4 Å². The Morgan fingerprint density at radius 3 is 2.42 bits per heavy atom. The Labute approximate surface area is 143 Å². The molecule has 1 aliphatic rings. The van der Waals surface area contributed by atoms with Crippen LogP contribution < -0.4 is 0 Å². The molecule has 1 heterocycles. The monoisotopic (exact) mass is 340 g/mol. The van der Waals surface area contributed by atoms with Crippen molar-refractivity contribution in [3.63, 3.8) is 0 Å². The third-order valence-electron chi connectivity index (χ3n) is 4.12. The van der Waals surface area contributed by atoms with Crippen molar-refractivity contribution in [2.45, 2.75) is 30.7 Å². The quantitative estimate of drug-likeness (QED) is 0.796. The zero-order valence-corrected chi connectivity index (χ0v) is 14.4. The van der Waals surface area contributed by atoms with Crippen molar-refractivity contribution in [1.82, 2.24) is 4.41 Å². The van der Waals surface area contributed by atoms with Crippen molar-refractivity contribution in [3.8, 4) is 0 Å². The van der Waals surface area contributed by atoms with Crippen LogP contribution in [0, 0.1) is 6.92 Å². The van der Waals surface area contributed by atoms with E-state index in [4.69, 9.17) is 0 Å². The lowest BCUT2D eigenvalue weighted by molar-refractivity contribution is 0.350. The Morgan fingerprint density at radius 2 is 1.79 bits per heavy atom. The summed E-state index contributed by atoms with van der Waals surface area (Å²) in [7, 11) is -3.71. The maximum absolute atomic E-state index is 13.0. The van der Waals surface area contributed by atoms with Gasteiger partial charge < -0.3 is 0 Å². The highest BCUT2D eigenvalue weighted by atomic mass is 32.2. The fraction of sp³-hybridized carbons (Fsp3) is 0.211. The van der Waals surface area contributed by atoms with Gasteiger partial charge in [-0.15, -0.1) is 6.58 Å². The number of benzene rings is 2. The molecule has 2 aromatic carbocycles. The predicted octanol–water partition coefficient (Wildman–Crippen LogP) is 3.74. The largest absolute Gasteiger partial charge is 0.279 e. The third kappa shape index (κ3) is 3.12. The lowest BCUT2D eigenvalue weighted by Gasteiger charge is -2.31. The van der Waals surface area contributed by atoms with Crippen LogP contribution in [0.2, 0.25) is 0 Å². The average molecular weight is 340 g/mol. The molecule has 0 spiro atoms. The van der Waals surface area contributed by atoms with Gasteiger partial charge in [-0.2, -0.15) is 17.9 Å². The van der Waals surface area contributed by atoms with Crippen molar-refractivity contribution in [1.29, 1.82) is 0 Å². The molecule has 3 rings (SSSR count). The molecule has 0 saturated carbocycles. The number of nitrogens with zero attached hydrogens (tertiary/aromatic N) is 2. The summed E-state index contributed by atoms with van der Waals surface area (Å²) in [6.45, 7) is 5.70. The average Bonchev–Trinajstić information content (AvgIpc) is 2.62. The van der Waals surface area contributed by atoms with E-state index in [9.17, 15) is 8.42 Å². The van der Waals surface area contributed by atoms with Crippen LogP contribution in [0.1, 0.15) is 24.0 Å². The fourth-order valence-electron chi connectivity index (χ4n) is 2.73.